The summed E-state index contributed by atoms with van der Waals surface area (Å²) in [5, 5.41) is 0. The second-order valence-electron chi connectivity index (χ2n) is 4.43. The molecule has 0 aliphatic carbocycles. The highest BCUT2D eigenvalue weighted by molar-refractivity contribution is 4.77. The van der Waals surface area contributed by atoms with Gasteiger partial charge in [0.1, 0.15) is 0 Å². The molecule has 0 spiro atoms. The number of ether oxygens (including phenoxy) is 1. The summed E-state index contributed by atoms with van der Waals surface area (Å²) in [6.07, 6.45) is -2.57. The van der Waals surface area contributed by atoms with E-state index in [1.165, 1.54) is 0 Å². The third-order valence-corrected chi connectivity index (χ3v) is 3.24. The molecule has 0 radical (unpaired) electrons. The number of halogens is 3. The molecule has 1 atom stereocenters. The Balaban J connectivity index is 4.64. The predicted molar refractivity (Wildman–Crippen MR) is 66.4 cm³/mol. The summed E-state index contributed by atoms with van der Waals surface area (Å²) in [5.74, 6) is -1.46. The molecule has 18 heavy (non-hydrogen) atoms. The van der Waals surface area contributed by atoms with Gasteiger partial charge in [0.05, 0.1) is 12.5 Å². The summed E-state index contributed by atoms with van der Waals surface area (Å²) in [4.78, 5) is 1.84. The van der Waals surface area contributed by atoms with Crippen LogP contribution in [-0.4, -0.2) is 50.5 Å². The molecular formula is C12H25F3N2O. The van der Waals surface area contributed by atoms with Crippen molar-refractivity contribution in [2.45, 2.75) is 38.9 Å². The van der Waals surface area contributed by atoms with Crippen molar-refractivity contribution in [2.24, 2.45) is 11.7 Å². The number of nitrogens with zero attached hydrogens (tertiary/aromatic N) is 1. The van der Waals surface area contributed by atoms with E-state index in [0.29, 0.717) is 13.2 Å². The van der Waals surface area contributed by atoms with E-state index in [1.54, 1.807) is 7.11 Å². The van der Waals surface area contributed by atoms with Gasteiger partial charge in [-0.2, -0.15) is 13.2 Å². The normalized spacial score (nSPS) is 14.5. The van der Waals surface area contributed by atoms with Crippen LogP contribution in [0.25, 0.3) is 0 Å². The first-order valence-electron chi connectivity index (χ1n) is 6.40. The molecule has 2 N–H and O–H groups in total. The van der Waals surface area contributed by atoms with Crippen molar-refractivity contribution in [1.82, 2.24) is 4.90 Å². The number of alkyl halides is 3. The van der Waals surface area contributed by atoms with Crippen molar-refractivity contribution in [3.05, 3.63) is 0 Å². The van der Waals surface area contributed by atoms with Gasteiger partial charge in [0.25, 0.3) is 0 Å². The molecule has 0 heterocycles. The van der Waals surface area contributed by atoms with Crippen LogP contribution in [0.2, 0.25) is 0 Å². The fourth-order valence-electron chi connectivity index (χ4n) is 2.03. The summed E-state index contributed by atoms with van der Waals surface area (Å²) in [6, 6.07) is 0.150. The summed E-state index contributed by atoms with van der Waals surface area (Å²) < 4.78 is 43.2. The van der Waals surface area contributed by atoms with E-state index in [1.807, 2.05) is 18.7 Å². The zero-order valence-corrected chi connectivity index (χ0v) is 11.5. The van der Waals surface area contributed by atoms with Crippen molar-refractivity contribution >= 4 is 0 Å². The fourth-order valence-corrected chi connectivity index (χ4v) is 2.03. The molecule has 0 aromatic rings. The lowest BCUT2D eigenvalue weighted by atomic mass is 10.0. The maximum absolute atomic E-state index is 12.7. The molecule has 0 aromatic carbocycles. The number of methoxy groups -OCH3 is 1. The first-order valence-corrected chi connectivity index (χ1v) is 6.40. The van der Waals surface area contributed by atoms with E-state index in [2.05, 4.69) is 0 Å². The van der Waals surface area contributed by atoms with Crippen molar-refractivity contribution < 1.29 is 17.9 Å². The van der Waals surface area contributed by atoms with Crippen LogP contribution in [0.15, 0.2) is 0 Å². The first kappa shape index (κ1) is 17.7. The van der Waals surface area contributed by atoms with Gasteiger partial charge in [-0.3, -0.25) is 4.90 Å². The van der Waals surface area contributed by atoms with Crippen LogP contribution in [-0.2, 0) is 4.74 Å². The van der Waals surface area contributed by atoms with Crippen LogP contribution < -0.4 is 5.73 Å². The Kier molecular flexibility index (Phi) is 8.56. The van der Waals surface area contributed by atoms with Gasteiger partial charge in [0, 0.05) is 32.8 Å². The molecule has 6 heteroatoms. The minimum Gasteiger partial charge on any atom is -0.383 e. The Morgan fingerprint density at radius 1 is 1.22 bits per heavy atom. The molecule has 0 bridgehead atoms. The molecular weight excluding hydrogens is 245 g/mol. The van der Waals surface area contributed by atoms with Gasteiger partial charge < -0.3 is 10.5 Å². The van der Waals surface area contributed by atoms with Gasteiger partial charge in [-0.1, -0.05) is 13.8 Å². The zero-order valence-electron chi connectivity index (χ0n) is 11.5. The summed E-state index contributed by atoms with van der Waals surface area (Å²) in [7, 11) is 1.55. The maximum atomic E-state index is 12.7. The molecule has 0 aliphatic heterocycles. The van der Waals surface area contributed by atoms with Gasteiger partial charge in [-0.05, 0) is 12.8 Å². The van der Waals surface area contributed by atoms with Gasteiger partial charge in [0.2, 0.25) is 0 Å². The summed E-state index contributed by atoms with van der Waals surface area (Å²) in [6.45, 7) is 4.50. The minimum atomic E-state index is -4.23. The molecule has 110 valence electrons. The van der Waals surface area contributed by atoms with Crippen LogP contribution in [0.3, 0.4) is 0 Å². The van der Waals surface area contributed by atoms with Crippen molar-refractivity contribution in [1.29, 1.82) is 0 Å². The number of rotatable bonds is 9. The highest BCUT2D eigenvalue weighted by Gasteiger charge is 2.40. The van der Waals surface area contributed by atoms with Gasteiger partial charge in [-0.15, -0.1) is 0 Å². The van der Waals surface area contributed by atoms with Gasteiger partial charge in [0.15, 0.2) is 0 Å². The monoisotopic (exact) mass is 270 g/mol. The van der Waals surface area contributed by atoms with Crippen molar-refractivity contribution in [2.75, 3.05) is 33.4 Å². The van der Waals surface area contributed by atoms with Crippen LogP contribution in [0.4, 0.5) is 13.2 Å². The number of hydrogen-bond acceptors (Lipinski definition) is 3. The molecule has 3 nitrogen and oxygen atoms in total. The molecule has 0 aromatic heterocycles. The molecule has 0 saturated heterocycles. The van der Waals surface area contributed by atoms with Crippen molar-refractivity contribution in [3.8, 4) is 0 Å². The SMILES string of the molecule is CCC(CC)N(CCOC)CC(CN)C(F)(F)F. The fraction of sp³-hybridized carbons (Fsp3) is 1.00. The van der Waals surface area contributed by atoms with Crippen LogP contribution in [0.1, 0.15) is 26.7 Å². The Morgan fingerprint density at radius 2 is 1.78 bits per heavy atom. The van der Waals surface area contributed by atoms with E-state index in [9.17, 15) is 13.2 Å². The standard InChI is InChI=1S/C12H25F3N2O/c1-4-11(5-2)17(6-7-18-3)9-10(8-16)12(13,14)15/h10-11H,4-9,16H2,1-3H3. The molecule has 1 unspecified atom stereocenters. The number of hydrogen-bond donors (Lipinski definition) is 1. The van der Waals surface area contributed by atoms with E-state index in [-0.39, 0.29) is 19.1 Å². The molecule has 0 rings (SSSR count). The van der Waals surface area contributed by atoms with Crippen LogP contribution in [0.5, 0.6) is 0 Å². The Morgan fingerprint density at radius 3 is 2.11 bits per heavy atom. The lowest BCUT2D eigenvalue weighted by molar-refractivity contribution is -0.178. The van der Waals surface area contributed by atoms with E-state index >= 15 is 0 Å². The largest absolute Gasteiger partial charge is 0.394 e. The highest BCUT2D eigenvalue weighted by Crippen LogP contribution is 2.27. The lowest BCUT2D eigenvalue weighted by Crippen LogP contribution is -2.46. The van der Waals surface area contributed by atoms with Crippen LogP contribution >= 0.6 is 0 Å². The third-order valence-electron chi connectivity index (χ3n) is 3.24. The average molecular weight is 270 g/mol. The second kappa shape index (κ2) is 8.72. The van der Waals surface area contributed by atoms with E-state index in [4.69, 9.17) is 10.5 Å². The van der Waals surface area contributed by atoms with Crippen molar-refractivity contribution in [3.63, 3.8) is 0 Å². The Hall–Kier alpha value is -0.330. The number of nitrogens with two attached hydrogens (primary N) is 1. The minimum absolute atomic E-state index is 0.0459. The highest BCUT2D eigenvalue weighted by atomic mass is 19.4. The summed E-state index contributed by atoms with van der Waals surface area (Å²) in [5.41, 5.74) is 5.24. The van der Waals surface area contributed by atoms with Gasteiger partial charge >= 0.3 is 6.18 Å². The van der Waals surface area contributed by atoms with E-state index in [0.717, 1.165) is 12.8 Å². The quantitative estimate of drug-likeness (QED) is 0.698. The molecule has 0 fully saturated rings. The summed E-state index contributed by atoms with van der Waals surface area (Å²) >= 11 is 0. The van der Waals surface area contributed by atoms with Gasteiger partial charge in [-0.25, -0.2) is 0 Å². The zero-order chi connectivity index (χ0) is 14.2. The Bertz CT molecular complexity index is 208. The molecule has 0 aliphatic rings. The Labute approximate surface area is 107 Å². The predicted octanol–water partition coefficient (Wildman–Crippen LogP) is 2.26. The van der Waals surface area contributed by atoms with Crippen LogP contribution in [0, 0.1) is 5.92 Å². The topological polar surface area (TPSA) is 38.5 Å². The smallest absolute Gasteiger partial charge is 0.383 e. The average Bonchev–Trinajstić information content (AvgIpc) is 2.31. The molecule has 0 saturated carbocycles. The van der Waals surface area contributed by atoms with E-state index < -0.39 is 12.1 Å². The lowest BCUT2D eigenvalue weighted by Gasteiger charge is -2.33. The maximum Gasteiger partial charge on any atom is 0.394 e. The first-order chi connectivity index (χ1) is 8.40. The third kappa shape index (κ3) is 6.02. The molecule has 0 amide bonds. The second-order valence-corrected chi connectivity index (χ2v) is 4.43.